The van der Waals surface area contributed by atoms with Gasteiger partial charge in [0.15, 0.2) is 5.16 Å². The van der Waals surface area contributed by atoms with Crippen LogP contribution in [0.5, 0.6) is 0 Å². The van der Waals surface area contributed by atoms with E-state index in [0.717, 1.165) is 18.0 Å². The summed E-state index contributed by atoms with van der Waals surface area (Å²) in [4.78, 5) is 11.8. The zero-order valence-corrected chi connectivity index (χ0v) is 13.1. The second kappa shape index (κ2) is 5.69. The molecule has 3 rings (SSSR count). The summed E-state index contributed by atoms with van der Waals surface area (Å²) < 4.78 is 1.69. The first-order valence-corrected chi connectivity index (χ1v) is 8.13. The maximum atomic E-state index is 11.8. The van der Waals surface area contributed by atoms with E-state index < -0.39 is 0 Å². The molecule has 2 unspecified atom stereocenters. The van der Waals surface area contributed by atoms with E-state index in [1.165, 1.54) is 11.1 Å². The van der Waals surface area contributed by atoms with Crippen LogP contribution in [0.25, 0.3) is 0 Å². The van der Waals surface area contributed by atoms with Crippen molar-refractivity contribution in [1.29, 1.82) is 0 Å². The highest BCUT2D eigenvalue weighted by Gasteiger charge is 2.29. The fourth-order valence-corrected chi connectivity index (χ4v) is 4.17. The first kappa shape index (κ1) is 14.4. The minimum Gasteiger partial charge on any atom is -0.323 e. The zero-order valence-electron chi connectivity index (χ0n) is 12.2. The van der Waals surface area contributed by atoms with Gasteiger partial charge in [-0.1, -0.05) is 36.0 Å². The second-order valence-electron chi connectivity index (χ2n) is 5.69. The molecule has 6 heteroatoms. The lowest BCUT2D eigenvalue weighted by atomic mass is 9.88. The van der Waals surface area contributed by atoms with Gasteiger partial charge in [0.05, 0.1) is 0 Å². The number of rotatable bonds is 3. The van der Waals surface area contributed by atoms with Gasteiger partial charge in [0, 0.05) is 17.3 Å². The lowest BCUT2D eigenvalue weighted by Crippen LogP contribution is -2.30. The number of H-pyrrole nitrogens is 1. The predicted octanol–water partition coefficient (Wildman–Crippen LogP) is 2.26. The summed E-state index contributed by atoms with van der Waals surface area (Å²) >= 11 is 1.61. The summed E-state index contributed by atoms with van der Waals surface area (Å²) in [6.45, 7) is 3.97. The Kier molecular flexibility index (Phi) is 3.91. The minimum absolute atomic E-state index is 0.0210. The van der Waals surface area contributed by atoms with Crippen LogP contribution in [0.2, 0.25) is 0 Å². The molecule has 0 aliphatic heterocycles. The fourth-order valence-electron chi connectivity index (χ4n) is 2.86. The van der Waals surface area contributed by atoms with Gasteiger partial charge in [-0.05, 0) is 37.8 Å². The number of nitrogens with two attached hydrogens (primary N) is 1. The lowest BCUT2D eigenvalue weighted by Gasteiger charge is -2.30. The molecule has 2 atom stereocenters. The van der Waals surface area contributed by atoms with Crippen molar-refractivity contribution in [2.45, 2.75) is 49.2 Å². The summed E-state index contributed by atoms with van der Waals surface area (Å²) in [6.07, 6.45) is 2.03. The smallest absolute Gasteiger partial charge is 0.323 e. The molecule has 0 radical (unpaired) electrons. The van der Waals surface area contributed by atoms with Crippen LogP contribution < -0.4 is 11.4 Å². The molecule has 2 aromatic rings. The Bertz CT molecular complexity index is 691. The first-order valence-electron chi connectivity index (χ1n) is 7.25. The second-order valence-corrected chi connectivity index (χ2v) is 6.90. The Balaban J connectivity index is 1.86. The molecule has 1 aliphatic rings. The van der Waals surface area contributed by atoms with Gasteiger partial charge in [-0.2, -0.15) is 0 Å². The van der Waals surface area contributed by atoms with E-state index in [1.807, 2.05) is 19.9 Å². The Morgan fingerprint density at radius 1 is 1.43 bits per heavy atom. The van der Waals surface area contributed by atoms with Crippen molar-refractivity contribution in [1.82, 2.24) is 14.8 Å². The van der Waals surface area contributed by atoms with E-state index in [-0.39, 0.29) is 23.0 Å². The molecule has 0 amide bonds. The van der Waals surface area contributed by atoms with Crippen molar-refractivity contribution < 1.29 is 0 Å². The zero-order chi connectivity index (χ0) is 15.0. The molecule has 0 spiro atoms. The standard InChI is InChI=1S/C15H20N4OS/c1-9(2)19-14(20)17-18-15(19)21-12-8-7-10-5-3-4-6-11(10)13(12)16/h3-6,9,12-13H,7-8,16H2,1-2H3,(H,17,20). The number of thioether (sulfide) groups is 1. The highest BCUT2D eigenvalue weighted by atomic mass is 32.2. The molecule has 0 saturated heterocycles. The van der Waals surface area contributed by atoms with Crippen molar-refractivity contribution in [3.63, 3.8) is 0 Å². The van der Waals surface area contributed by atoms with E-state index in [2.05, 4.69) is 28.4 Å². The summed E-state index contributed by atoms with van der Waals surface area (Å²) in [5.74, 6) is 0. The minimum atomic E-state index is -0.155. The Morgan fingerprint density at radius 2 is 2.19 bits per heavy atom. The van der Waals surface area contributed by atoms with E-state index >= 15 is 0 Å². The molecule has 0 saturated carbocycles. The van der Waals surface area contributed by atoms with Crippen molar-refractivity contribution >= 4 is 11.8 Å². The highest BCUT2D eigenvalue weighted by Crippen LogP contribution is 2.38. The van der Waals surface area contributed by atoms with Gasteiger partial charge in [-0.15, -0.1) is 5.10 Å². The van der Waals surface area contributed by atoms with Crippen molar-refractivity contribution in [2.24, 2.45) is 5.73 Å². The van der Waals surface area contributed by atoms with E-state index in [9.17, 15) is 4.79 Å². The molecule has 0 fully saturated rings. The number of aromatic amines is 1. The average Bonchev–Trinajstić information content (AvgIpc) is 2.83. The average molecular weight is 304 g/mol. The SMILES string of the molecule is CC(C)n1c(SC2CCc3ccccc3C2N)n[nH]c1=O. The summed E-state index contributed by atoms with van der Waals surface area (Å²) in [7, 11) is 0. The van der Waals surface area contributed by atoms with Crippen molar-refractivity contribution in [3.05, 3.63) is 45.9 Å². The first-order chi connectivity index (χ1) is 10.1. The fraction of sp³-hybridized carbons (Fsp3) is 0.467. The van der Waals surface area contributed by atoms with Crippen LogP contribution in [-0.2, 0) is 6.42 Å². The van der Waals surface area contributed by atoms with E-state index in [0.29, 0.717) is 0 Å². The van der Waals surface area contributed by atoms with Gasteiger partial charge >= 0.3 is 5.69 Å². The summed E-state index contributed by atoms with van der Waals surface area (Å²) in [5.41, 5.74) is 8.83. The Morgan fingerprint density at radius 3 is 2.95 bits per heavy atom. The molecule has 1 aromatic carbocycles. The van der Waals surface area contributed by atoms with Gasteiger partial charge in [-0.3, -0.25) is 4.57 Å². The molecular weight excluding hydrogens is 284 g/mol. The quantitative estimate of drug-likeness (QED) is 0.912. The number of aromatic nitrogens is 3. The van der Waals surface area contributed by atoms with Gasteiger partial charge < -0.3 is 5.73 Å². The molecule has 21 heavy (non-hydrogen) atoms. The maximum absolute atomic E-state index is 11.8. The largest absolute Gasteiger partial charge is 0.344 e. The summed E-state index contributed by atoms with van der Waals surface area (Å²) in [6, 6.07) is 8.41. The molecular formula is C15H20N4OS. The topological polar surface area (TPSA) is 76.7 Å². The molecule has 112 valence electrons. The van der Waals surface area contributed by atoms with Crippen LogP contribution in [-0.4, -0.2) is 20.0 Å². The number of hydrogen-bond acceptors (Lipinski definition) is 4. The molecule has 1 heterocycles. The van der Waals surface area contributed by atoms with Crippen LogP contribution in [0.15, 0.2) is 34.2 Å². The van der Waals surface area contributed by atoms with Crippen LogP contribution in [0.1, 0.15) is 43.5 Å². The van der Waals surface area contributed by atoms with E-state index in [4.69, 9.17) is 5.73 Å². The molecule has 1 aliphatic carbocycles. The number of hydrogen-bond donors (Lipinski definition) is 2. The monoisotopic (exact) mass is 304 g/mol. The third kappa shape index (κ3) is 2.65. The molecule has 3 N–H and O–H groups in total. The number of fused-ring (bicyclic) bond motifs is 1. The molecule has 1 aromatic heterocycles. The van der Waals surface area contributed by atoms with E-state index in [1.54, 1.807) is 16.3 Å². The predicted molar refractivity (Wildman–Crippen MR) is 84.6 cm³/mol. The number of benzene rings is 1. The van der Waals surface area contributed by atoms with Crippen LogP contribution in [0.4, 0.5) is 0 Å². The molecule has 5 nitrogen and oxygen atoms in total. The van der Waals surface area contributed by atoms with Gasteiger partial charge in [-0.25, -0.2) is 9.89 Å². The third-order valence-electron chi connectivity index (χ3n) is 3.96. The highest BCUT2D eigenvalue weighted by molar-refractivity contribution is 7.99. The molecule has 0 bridgehead atoms. The van der Waals surface area contributed by atoms with Crippen LogP contribution in [0, 0.1) is 0 Å². The van der Waals surface area contributed by atoms with Gasteiger partial charge in [0.25, 0.3) is 0 Å². The van der Waals surface area contributed by atoms with Crippen molar-refractivity contribution in [3.8, 4) is 0 Å². The number of nitrogens with one attached hydrogen (secondary N) is 1. The van der Waals surface area contributed by atoms with Gasteiger partial charge in [0.2, 0.25) is 0 Å². The van der Waals surface area contributed by atoms with Gasteiger partial charge in [0.1, 0.15) is 0 Å². The Hall–Kier alpha value is -1.53. The van der Waals surface area contributed by atoms with Crippen molar-refractivity contribution in [2.75, 3.05) is 0 Å². The number of aryl methyl sites for hydroxylation is 1. The Labute approximate surface area is 127 Å². The summed E-state index contributed by atoms with van der Waals surface area (Å²) in [5, 5.41) is 7.67. The van der Waals surface area contributed by atoms with Crippen LogP contribution in [0.3, 0.4) is 0 Å². The lowest BCUT2D eigenvalue weighted by molar-refractivity contribution is 0.528. The number of nitrogens with zero attached hydrogens (tertiary/aromatic N) is 2. The normalized spacial score (nSPS) is 21.5. The van der Waals surface area contributed by atoms with Crippen LogP contribution >= 0.6 is 11.8 Å². The maximum Gasteiger partial charge on any atom is 0.344 e. The third-order valence-corrected chi connectivity index (χ3v) is 5.29.